The van der Waals surface area contributed by atoms with Gasteiger partial charge in [0.05, 0.1) is 0 Å². The topological polar surface area (TPSA) is 15.3 Å². The maximum absolute atomic E-state index is 3.57. The van der Waals surface area contributed by atoms with Crippen molar-refractivity contribution in [2.45, 2.75) is 58.2 Å². The van der Waals surface area contributed by atoms with E-state index >= 15 is 0 Å². The summed E-state index contributed by atoms with van der Waals surface area (Å²) in [5.74, 6) is 0. The molecule has 0 bridgehead atoms. The molecule has 2 nitrogen and oxygen atoms in total. The van der Waals surface area contributed by atoms with Crippen LogP contribution in [0.3, 0.4) is 0 Å². The van der Waals surface area contributed by atoms with Crippen molar-refractivity contribution >= 4 is 0 Å². The molecule has 2 atom stereocenters. The molecule has 0 aromatic rings. The number of nitrogens with zero attached hydrogens (tertiary/aromatic N) is 1. The van der Waals surface area contributed by atoms with Gasteiger partial charge in [0, 0.05) is 17.6 Å². The molecule has 0 amide bonds. The lowest BCUT2D eigenvalue weighted by Crippen LogP contribution is -2.51. The highest BCUT2D eigenvalue weighted by Gasteiger charge is 2.29. The number of hydrogen-bond donors (Lipinski definition) is 1. The third kappa shape index (κ3) is 2.68. The molecule has 0 saturated carbocycles. The van der Waals surface area contributed by atoms with Crippen molar-refractivity contribution in [1.82, 2.24) is 10.2 Å². The number of rotatable bonds is 2. The van der Waals surface area contributed by atoms with Crippen LogP contribution in [0.2, 0.25) is 0 Å². The van der Waals surface area contributed by atoms with Crippen LogP contribution < -0.4 is 5.32 Å². The molecule has 0 radical (unpaired) electrons. The average molecular weight is 184 g/mol. The normalized spacial score (nSPS) is 26.8. The lowest BCUT2D eigenvalue weighted by atomic mass is 10.00. The minimum atomic E-state index is 0.281. The minimum absolute atomic E-state index is 0.281. The smallest absolute Gasteiger partial charge is 0.0223 e. The Morgan fingerprint density at radius 2 is 2.00 bits per heavy atom. The second kappa shape index (κ2) is 3.97. The first-order valence-corrected chi connectivity index (χ1v) is 5.39. The van der Waals surface area contributed by atoms with Gasteiger partial charge in [-0.25, -0.2) is 0 Å². The summed E-state index contributed by atoms with van der Waals surface area (Å²) < 4.78 is 0. The van der Waals surface area contributed by atoms with Crippen molar-refractivity contribution in [1.29, 1.82) is 0 Å². The van der Waals surface area contributed by atoms with E-state index in [1.807, 2.05) is 0 Å². The number of hydrogen-bond acceptors (Lipinski definition) is 2. The Balaban J connectivity index is 2.50. The summed E-state index contributed by atoms with van der Waals surface area (Å²) in [5.41, 5.74) is 0.281. The number of nitrogens with one attached hydrogen (secondary N) is 1. The van der Waals surface area contributed by atoms with E-state index in [0.29, 0.717) is 12.1 Å². The molecule has 0 aromatic heterocycles. The summed E-state index contributed by atoms with van der Waals surface area (Å²) in [6.07, 6.45) is 2.68. The second-order valence-corrected chi connectivity index (χ2v) is 5.23. The van der Waals surface area contributed by atoms with Gasteiger partial charge in [0.15, 0.2) is 0 Å². The van der Waals surface area contributed by atoms with Crippen molar-refractivity contribution in [2.24, 2.45) is 0 Å². The van der Waals surface area contributed by atoms with Crippen molar-refractivity contribution in [3.05, 3.63) is 0 Å². The Hall–Kier alpha value is -0.0800. The Bertz CT molecular complexity index is 154. The van der Waals surface area contributed by atoms with E-state index in [4.69, 9.17) is 0 Å². The predicted molar refractivity (Wildman–Crippen MR) is 58.0 cm³/mol. The molecular weight excluding hydrogens is 160 g/mol. The van der Waals surface area contributed by atoms with Gasteiger partial charge < -0.3 is 5.32 Å². The van der Waals surface area contributed by atoms with E-state index < -0.39 is 0 Å². The standard InChI is InChI=1S/C11H24N2/c1-9(10-7-6-8-12-10)13(5)11(2,3)4/h9-10,12H,6-8H2,1-5H3. The Kier molecular flexibility index (Phi) is 3.36. The molecule has 1 N–H and O–H groups in total. The van der Waals surface area contributed by atoms with Gasteiger partial charge in [-0.05, 0) is 54.1 Å². The molecule has 78 valence electrons. The van der Waals surface area contributed by atoms with Crippen molar-refractivity contribution < 1.29 is 0 Å². The van der Waals surface area contributed by atoms with Crippen LogP contribution in [0.25, 0.3) is 0 Å². The average Bonchev–Trinajstić information content (AvgIpc) is 2.51. The van der Waals surface area contributed by atoms with Crippen LogP contribution in [0.1, 0.15) is 40.5 Å². The lowest BCUT2D eigenvalue weighted by molar-refractivity contribution is 0.105. The monoisotopic (exact) mass is 184 g/mol. The largest absolute Gasteiger partial charge is 0.312 e. The fourth-order valence-corrected chi connectivity index (χ4v) is 2.00. The first-order valence-electron chi connectivity index (χ1n) is 5.39. The van der Waals surface area contributed by atoms with Crippen LogP contribution in [0.5, 0.6) is 0 Å². The highest BCUT2D eigenvalue weighted by Crippen LogP contribution is 2.20. The lowest BCUT2D eigenvalue weighted by Gasteiger charge is -2.39. The van der Waals surface area contributed by atoms with Gasteiger partial charge in [0.2, 0.25) is 0 Å². The van der Waals surface area contributed by atoms with E-state index in [0.717, 1.165) is 0 Å². The van der Waals surface area contributed by atoms with Gasteiger partial charge in [-0.3, -0.25) is 4.90 Å². The molecule has 1 saturated heterocycles. The molecular formula is C11H24N2. The molecule has 1 aliphatic rings. The van der Waals surface area contributed by atoms with Gasteiger partial charge in [-0.1, -0.05) is 0 Å². The maximum atomic E-state index is 3.57. The summed E-state index contributed by atoms with van der Waals surface area (Å²) in [5, 5.41) is 3.57. The van der Waals surface area contributed by atoms with Gasteiger partial charge >= 0.3 is 0 Å². The van der Waals surface area contributed by atoms with Crippen LogP contribution in [0.15, 0.2) is 0 Å². The number of likely N-dealkylation sites (N-methyl/N-ethyl adjacent to an activating group) is 1. The van der Waals surface area contributed by atoms with Gasteiger partial charge in [-0.15, -0.1) is 0 Å². The first kappa shape index (κ1) is 11.0. The summed E-state index contributed by atoms with van der Waals surface area (Å²) in [7, 11) is 2.23. The van der Waals surface area contributed by atoms with E-state index in [1.165, 1.54) is 19.4 Å². The van der Waals surface area contributed by atoms with Crippen LogP contribution in [0.4, 0.5) is 0 Å². The first-order chi connectivity index (χ1) is 5.93. The van der Waals surface area contributed by atoms with E-state index in [1.54, 1.807) is 0 Å². The third-order valence-corrected chi connectivity index (χ3v) is 3.35. The SMILES string of the molecule is CC(C1CCCN1)N(C)C(C)(C)C. The van der Waals surface area contributed by atoms with Crippen LogP contribution in [-0.4, -0.2) is 36.1 Å². The maximum Gasteiger partial charge on any atom is 0.0223 e. The summed E-state index contributed by atoms with van der Waals surface area (Å²) in [6, 6.07) is 1.34. The molecule has 1 aliphatic heterocycles. The molecule has 2 heteroatoms. The van der Waals surface area contributed by atoms with E-state index in [-0.39, 0.29) is 5.54 Å². The Labute approximate surface area is 82.7 Å². The Morgan fingerprint density at radius 3 is 2.38 bits per heavy atom. The van der Waals surface area contributed by atoms with Crippen molar-refractivity contribution in [2.75, 3.05) is 13.6 Å². The van der Waals surface area contributed by atoms with Gasteiger partial charge in [0.1, 0.15) is 0 Å². The molecule has 0 spiro atoms. The van der Waals surface area contributed by atoms with Crippen LogP contribution >= 0.6 is 0 Å². The van der Waals surface area contributed by atoms with E-state index in [2.05, 4.69) is 45.0 Å². The van der Waals surface area contributed by atoms with Crippen molar-refractivity contribution in [3.8, 4) is 0 Å². The molecule has 2 unspecified atom stereocenters. The predicted octanol–water partition coefficient (Wildman–Crippen LogP) is 1.86. The molecule has 1 fully saturated rings. The molecule has 1 rings (SSSR count). The Morgan fingerprint density at radius 1 is 1.38 bits per heavy atom. The fraction of sp³-hybridized carbons (Fsp3) is 1.00. The van der Waals surface area contributed by atoms with Crippen LogP contribution in [-0.2, 0) is 0 Å². The highest BCUT2D eigenvalue weighted by molar-refractivity contribution is 4.88. The molecule has 1 heterocycles. The zero-order valence-electron chi connectivity index (χ0n) is 9.72. The van der Waals surface area contributed by atoms with Crippen LogP contribution in [0, 0.1) is 0 Å². The molecule has 0 aliphatic carbocycles. The summed E-state index contributed by atoms with van der Waals surface area (Å²) in [4.78, 5) is 2.47. The highest BCUT2D eigenvalue weighted by atomic mass is 15.2. The fourth-order valence-electron chi connectivity index (χ4n) is 2.00. The van der Waals surface area contributed by atoms with E-state index in [9.17, 15) is 0 Å². The zero-order valence-corrected chi connectivity index (χ0v) is 9.72. The third-order valence-electron chi connectivity index (χ3n) is 3.35. The van der Waals surface area contributed by atoms with Gasteiger partial charge in [-0.2, -0.15) is 0 Å². The second-order valence-electron chi connectivity index (χ2n) is 5.23. The zero-order chi connectivity index (χ0) is 10.1. The quantitative estimate of drug-likeness (QED) is 0.704. The van der Waals surface area contributed by atoms with Gasteiger partial charge in [0.25, 0.3) is 0 Å². The molecule has 0 aromatic carbocycles. The molecule has 13 heavy (non-hydrogen) atoms. The van der Waals surface area contributed by atoms with Crippen molar-refractivity contribution in [3.63, 3.8) is 0 Å². The minimum Gasteiger partial charge on any atom is -0.312 e. The summed E-state index contributed by atoms with van der Waals surface area (Å²) in [6.45, 7) is 10.4. The summed E-state index contributed by atoms with van der Waals surface area (Å²) >= 11 is 0.